The van der Waals surface area contributed by atoms with Crippen molar-refractivity contribution in [3.05, 3.63) is 35.1 Å². The van der Waals surface area contributed by atoms with Crippen LogP contribution in [0, 0.1) is 6.92 Å². The molecular formula is C15H17N5O2S. The number of aryl methyl sites for hydroxylation is 1. The van der Waals surface area contributed by atoms with Crippen molar-refractivity contribution in [1.29, 1.82) is 0 Å². The fraction of sp³-hybridized carbons (Fsp3) is 0.467. The Labute approximate surface area is 137 Å². The second-order valence-electron chi connectivity index (χ2n) is 5.65. The van der Waals surface area contributed by atoms with Gasteiger partial charge in [-0.3, -0.25) is 4.90 Å². The molecule has 0 bridgehead atoms. The molecule has 0 spiro atoms. The first kappa shape index (κ1) is 14.5. The standard InChI is InChI=1S/C15H17N5O2S/c1-10-16-15(22-18-10)11-5-2-3-7-20(11)9-13-17-14(19-21-13)12-6-4-8-23-12/h4,6,8,11H,2-3,5,7,9H2,1H3. The molecule has 4 heterocycles. The molecule has 0 aliphatic carbocycles. The van der Waals surface area contributed by atoms with E-state index >= 15 is 0 Å². The van der Waals surface area contributed by atoms with Crippen LogP contribution in [0.25, 0.3) is 10.7 Å². The van der Waals surface area contributed by atoms with E-state index in [1.807, 2.05) is 24.4 Å². The number of thiophene rings is 1. The predicted octanol–water partition coefficient (Wildman–Crippen LogP) is 3.22. The van der Waals surface area contributed by atoms with Crippen LogP contribution in [0.4, 0.5) is 0 Å². The number of nitrogens with zero attached hydrogens (tertiary/aromatic N) is 5. The highest BCUT2D eigenvalue weighted by atomic mass is 32.1. The molecule has 1 aliphatic rings. The molecule has 3 aromatic heterocycles. The molecule has 3 aromatic rings. The Kier molecular flexibility index (Phi) is 3.92. The summed E-state index contributed by atoms with van der Waals surface area (Å²) in [5.41, 5.74) is 0. The molecule has 1 atom stereocenters. The summed E-state index contributed by atoms with van der Waals surface area (Å²) in [7, 11) is 0. The summed E-state index contributed by atoms with van der Waals surface area (Å²) in [5, 5.41) is 9.98. The van der Waals surface area contributed by atoms with Crippen molar-refractivity contribution >= 4 is 11.3 Å². The van der Waals surface area contributed by atoms with Gasteiger partial charge in [0.05, 0.1) is 17.5 Å². The van der Waals surface area contributed by atoms with Crippen LogP contribution < -0.4 is 0 Å². The first-order chi connectivity index (χ1) is 11.3. The maximum Gasteiger partial charge on any atom is 0.243 e. The first-order valence-corrected chi connectivity index (χ1v) is 8.58. The lowest BCUT2D eigenvalue weighted by Gasteiger charge is -2.31. The lowest BCUT2D eigenvalue weighted by molar-refractivity contribution is 0.0986. The number of rotatable bonds is 4. The Morgan fingerprint density at radius 2 is 2.22 bits per heavy atom. The molecule has 0 N–H and O–H groups in total. The molecule has 23 heavy (non-hydrogen) atoms. The summed E-state index contributed by atoms with van der Waals surface area (Å²) in [6.07, 6.45) is 3.32. The number of piperidine rings is 1. The van der Waals surface area contributed by atoms with Gasteiger partial charge >= 0.3 is 0 Å². The smallest absolute Gasteiger partial charge is 0.243 e. The van der Waals surface area contributed by atoms with E-state index in [9.17, 15) is 0 Å². The lowest BCUT2D eigenvalue weighted by atomic mass is 10.0. The Hall–Kier alpha value is -2.06. The highest BCUT2D eigenvalue weighted by Gasteiger charge is 2.29. The van der Waals surface area contributed by atoms with E-state index in [-0.39, 0.29) is 6.04 Å². The van der Waals surface area contributed by atoms with Crippen molar-refractivity contribution in [1.82, 2.24) is 25.2 Å². The van der Waals surface area contributed by atoms with Crippen LogP contribution in [0.15, 0.2) is 26.6 Å². The van der Waals surface area contributed by atoms with Gasteiger partial charge in [0.1, 0.15) is 0 Å². The van der Waals surface area contributed by atoms with Gasteiger partial charge < -0.3 is 9.05 Å². The molecule has 0 aromatic carbocycles. The van der Waals surface area contributed by atoms with Crippen LogP contribution >= 0.6 is 11.3 Å². The summed E-state index contributed by atoms with van der Waals surface area (Å²) >= 11 is 1.60. The number of hydrogen-bond donors (Lipinski definition) is 0. The van der Waals surface area contributed by atoms with E-state index < -0.39 is 0 Å². The summed E-state index contributed by atoms with van der Waals surface area (Å²) < 4.78 is 10.8. The van der Waals surface area contributed by atoms with E-state index in [0.29, 0.717) is 30.0 Å². The lowest BCUT2D eigenvalue weighted by Crippen LogP contribution is -2.33. The maximum absolute atomic E-state index is 5.42. The number of hydrogen-bond acceptors (Lipinski definition) is 8. The van der Waals surface area contributed by atoms with Crippen molar-refractivity contribution in [2.45, 2.75) is 38.8 Å². The molecule has 1 fully saturated rings. The fourth-order valence-corrected chi connectivity index (χ4v) is 3.56. The van der Waals surface area contributed by atoms with Gasteiger partial charge in [0.2, 0.25) is 17.6 Å². The van der Waals surface area contributed by atoms with Crippen LogP contribution in [0.1, 0.15) is 42.9 Å². The molecule has 1 saturated heterocycles. The van der Waals surface area contributed by atoms with Gasteiger partial charge in [-0.05, 0) is 37.8 Å². The Balaban J connectivity index is 1.52. The average Bonchev–Trinajstić information content (AvgIpc) is 3.28. The quantitative estimate of drug-likeness (QED) is 0.726. The molecule has 120 valence electrons. The largest absolute Gasteiger partial charge is 0.338 e. The van der Waals surface area contributed by atoms with Gasteiger partial charge in [0.15, 0.2) is 5.82 Å². The fourth-order valence-electron chi connectivity index (χ4n) is 2.91. The van der Waals surface area contributed by atoms with Crippen LogP contribution in [0.5, 0.6) is 0 Å². The van der Waals surface area contributed by atoms with Crippen LogP contribution in [0.3, 0.4) is 0 Å². The SMILES string of the molecule is Cc1noc(C2CCCCN2Cc2nc(-c3cccs3)no2)n1. The molecule has 7 nitrogen and oxygen atoms in total. The highest BCUT2D eigenvalue weighted by molar-refractivity contribution is 7.13. The minimum absolute atomic E-state index is 0.127. The Morgan fingerprint density at radius 1 is 1.26 bits per heavy atom. The highest BCUT2D eigenvalue weighted by Crippen LogP contribution is 2.31. The molecule has 0 amide bonds. The first-order valence-electron chi connectivity index (χ1n) is 7.70. The van der Waals surface area contributed by atoms with Gasteiger partial charge in [-0.25, -0.2) is 0 Å². The zero-order valence-electron chi connectivity index (χ0n) is 12.8. The average molecular weight is 331 g/mol. The number of likely N-dealkylation sites (tertiary alicyclic amines) is 1. The third-order valence-corrected chi connectivity index (χ3v) is 4.86. The zero-order valence-corrected chi connectivity index (χ0v) is 13.6. The number of aromatic nitrogens is 4. The minimum Gasteiger partial charge on any atom is -0.338 e. The zero-order chi connectivity index (χ0) is 15.6. The molecule has 1 aliphatic heterocycles. The second-order valence-corrected chi connectivity index (χ2v) is 6.60. The third kappa shape index (κ3) is 3.04. The van der Waals surface area contributed by atoms with Gasteiger partial charge in [0, 0.05) is 0 Å². The Bertz CT molecular complexity index is 767. The second kappa shape index (κ2) is 6.21. The molecule has 0 radical (unpaired) electrons. The van der Waals surface area contributed by atoms with Crippen LogP contribution in [0.2, 0.25) is 0 Å². The van der Waals surface area contributed by atoms with Crippen molar-refractivity contribution in [2.24, 2.45) is 0 Å². The normalized spacial score (nSPS) is 19.3. The van der Waals surface area contributed by atoms with E-state index in [0.717, 1.165) is 30.7 Å². The van der Waals surface area contributed by atoms with Gasteiger partial charge in [0.25, 0.3) is 0 Å². The van der Waals surface area contributed by atoms with Crippen LogP contribution in [-0.2, 0) is 6.54 Å². The van der Waals surface area contributed by atoms with E-state index in [1.54, 1.807) is 11.3 Å². The van der Waals surface area contributed by atoms with Gasteiger partial charge in [-0.15, -0.1) is 11.3 Å². The van der Waals surface area contributed by atoms with E-state index in [2.05, 4.69) is 25.2 Å². The maximum atomic E-state index is 5.42. The molecule has 4 rings (SSSR count). The van der Waals surface area contributed by atoms with Crippen LogP contribution in [-0.4, -0.2) is 31.7 Å². The monoisotopic (exact) mass is 331 g/mol. The molecule has 1 unspecified atom stereocenters. The van der Waals surface area contributed by atoms with E-state index in [4.69, 9.17) is 9.05 Å². The van der Waals surface area contributed by atoms with Gasteiger partial charge in [-0.2, -0.15) is 9.97 Å². The molecule has 0 saturated carbocycles. The molecular weight excluding hydrogens is 314 g/mol. The Morgan fingerprint density at radius 3 is 3.00 bits per heavy atom. The van der Waals surface area contributed by atoms with Crippen molar-refractivity contribution < 1.29 is 9.05 Å². The predicted molar refractivity (Wildman–Crippen MR) is 83.6 cm³/mol. The third-order valence-electron chi connectivity index (χ3n) is 3.99. The summed E-state index contributed by atoms with van der Waals surface area (Å²) in [6.45, 7) is 3.40. The van der Waals surface area contributed by atoms with Crippen molar-refractivity contribution in [3.8, 4) is 10.7 Å². The minimum atomic E-state index is 0.127. The van der Waals surface area contributed by atoms with Gasteiger partial charge in [-0.1, -0.05) is 22.8 Å². The van der Waals surface area contributed by atoms with Crippen molar-refractivity contribution in [2.75, 3.05) is 6.54 Å². The molecule has 8 heteroatoms. The van der Waals surface area contributed by atoms with E-state index in [1.165, 1.54) is 0 Å². The summed E-state index contributed by atoms with van der Waals surface area (Å²) in [4.78, 5) is 12.2. The summed E-state index contributed by atoms with van der Waals surface area (Å²) in [5.74, 6) is 2.62. The topological polar surface area (TPSA) is 81.1 Å². The van der Waals surface area contributed by atoms with Crippen molar-refractivity contribution in [3.63, 3.8) is 0 Å². The summed E-state index contributed by atoms with van der Waals surface area (Å²) in [6, 6.07) is 4.10.